The van der Waals surface area contributed by atoms with Gasteiger partial charge in [0.25, 0.3) is 5.91 Å². The number of anilines is 1. The summed E-state index contributed by atoms with van der Waals surface area (Å²) < 4.78 is 0. The number of piperidine rings is 1. The Bertz CT molecular complexity index is 630. The fourth-order valence-electron chi connectivity index (χ4n) is 3.39. The number of rotatable bonds is 5. The molecule has 1 aliphatic carbocycles. The van der Waals surface area contributed by atoms with Gasteiger partial charge in [-0.15, -0.1) is 0 Å². The number of nitrogens with one attached hydrogen (secondary N) is 2. The number of likely N-dealkylation sites (tertiary alicyclic amines) is 1. The highest BCUT2D eigenvalue weighted by Crippen LogP contribution is 2.32. The van der Waals surface area contributed by atoms with Crippen LogP contribution in [0.2, 0.25) is 0 Å². The number of amides is 3. The van der Waals surface area contributed by atoms with E-state index in [1.807, 2.05) is 0 Å². The Morgan fingerprint density at radius 3 is 2.80 bits per heavy atom. The molecule has 1 saturated carbocycles. The minimum atomic E-state index is -0.275. The lowest BCUT2D eigenvalue weighted by Crippen LogP contribution is -2.48. The fourth-order valence-corrected chi connectivity index (χ4v) is 3.39. The Hall–Kier alpha value is -2.15. The van der Waals surface area contributed by atoms with Crippen LogP contribution in [-0.2, 0) is 0 Å². The quantitative estimate of drug-likeness (QED) is 0.855. The van der Waals surface area contributed by atoms with Gasteiger partial charge < -0.3 is 10.2 Å². The van der Waals surface area contributed by atoms with Gasteiger partial charge in [0.1, 0.15) is 5.82 Å². The van der Waals surface area contributed by atoms with Gasteiger partial charge in [0.15, 0.2) is 0 Å². The van der Waals surface area contributed by atoms with Crippen LogP contribution in [0.15, 0.2) is 18.3 Å². The first-order chi connectivity index (χ1) is 12.0. The molecule has 1 aliphatic heterocycles. The smallest absolute Gasteiger partial charge is 0.320 e. The summed E-state index contributed by atoms with van der Waals surface area (Å²) >= 11 is 0. The zero-order chi connectivity index (χ0) is 17.8. The lowest BCUT2D eigenvalue weighted by molar-refractivity contribution is 0.0827. The lowest BCUT2D eigenvalue weighted by Gasteiger charge is -2.35. The number of hydrogen-bond acceptors (Lipinski definition) is 4. The summed E-state index contributed by atoms with van der Waals surface area (Å²) in [6, 6.07) is 4.12. The molecule has 3 rings (SSSR count). The molecule has 1 saturated heterocycles. The summed E-state index contributed by atoms with van der Waals surface area (Å²) in [5.41, 5.74) is 0.502. The van der Waals surface area contributed by atoms with Crippen LogP contribution in [0.5, 0.6) is 0 Å². The van der Waals surface area contributed by atoms with E-state index in [0.29, 0.717) is 24.0 Å². The maximum absolute atomic E-state index is 12.2. The second-order valence-electron chi connectivity index (χ2n) is 7.08. The SMILES string of the molecule is CN(C)C(=O)c1ccnc(NC(=O)NCC2CCCCN2C2CC2)c1. The van der Waals surface area contributed by atoms with Crippen LogP contribution in [0.25, 0.3) is 0 Å². The number of hydrogen-bond donors (Lipinski definition) is 2. The Morgan fingerprint density at radius 2 is 2.08 bits per heavy atom. The minimum Gasteiger partial charge on any atom is -0.345 e. The van der Waals surface area contributed by atoms with Crippen LogP contribution in [0, 0.1) is 0 Å². The van der Waals surface area contributed by atoms with E-state index in [-0.39, 0.29) is 11.9 Å². The van der Waals surface area contributed by atoms with Crippen molar-refractivity contribution in [2.75, 3.05) is 32.5 Å². The second kappa shape index (κ2) is 7.82. The van der Waals surface area contributed by atoms with Crippen LogP contribution < -0.4 is 10.6 Å². The highest BCUT2D eigenvalue weighted by Gasteiger charge is 2.35. The monoisotopic (exact) mass is 345 g/mol. The Labute approximate surface area is 148 Å². The van der Waals surface area contributed by atoms with Gasteiger partial charge in [-0.25, -0.2) is 9.78 Å². The minimum absolute atomic E-state index is 0.117. The molecule has 136 valence electrons. The maximum Gasteiger partial charge on any atom is 0.320 e. The maximum atomic E-state index is 12.2. The summed E-state index contributed by atoms with van der Waals surface area (Å²) in [5.74, 6) is 0.265. The first-order valence-electron chi connectivity index (χ1n) is 9.03. The van der Waals surface area contributed by atoms with Crippen molar-refractivity contribution in [3.05, 3.63) is 23.9 Å². The predicted molar refractivity (Wildman–Crippen MR) is 96.6 cm³/mol. The highest BCUT2D eigenvalue weighted by atomic mass is 16.2. The van der Waals surface area contributed by atoms with Crippen molar-refractivity contribution in [2.24, 2.45) is 0 Å². The molecule has 0 aromatic carbocycles. The first kappa shape index (κ1) is 17.7. The van der Waals surface area contributed by atoms with Crippen molar-refractivity contribution >= 4 is 17.8 Å². The van der Waals surface area contributed by atoms with E-state index in [1.54, 1.807) is 26.2 Å². The number of nitrogens with zero attached hydrogens (tertiary/aromatic N) is 3. The summed E-state index contributed by atoms with van der Waals surface area (Å²) in [6.07, 6.45) is 7.74. The van der Waals surface area contributed by atoms with Gasteiger partial charge in [-0.2, -0.15) is 0 Å². The summed E-state index contributed by atoms with van der Waals surface area (Å²) in [5, 5.41) is 5.68. The van der Waals surface area contributed by atoms with Crippen molar-refractivity contribution in [1.29, 1.82) is 0 Å². The van der Waals surface area contributed by atoms with E-state index in [2.05, 4.69) is 20.5 Å². The van der Waals surface area contributed by atoms with Crippen LogP contribution in [-0.4, -0.2) is 66.0 Å². The molecule has 2 N–H and O–H groups in total. The average Bonchev–Trinajstić information content (AvgIpc) is 3.44. The average molecular weight is 345 g/mol. The summed E-state index contributed by atoms with van der Waals surface area (Å²) in [6.45, 7) is 1.80. The number of urea groups is 1. The van der Waals surface area contributed by atoms with Crippen LogP contribution in [0.4, 0.5) is 10.6 Å². The van der Waals surface area contributed by atoms with E-state index >= 15 is 0 Å². The normalized spacial score (nSPS) is 20.8. The van der Waals surface area contributed by atoms with Crippen molar-refractivity contribution in [3.63, 3.8) is 0 Å². The van der Waals surface area contributed by atoms with Gasteiger partial charge in [0, 0.05) is 44.5 Å². The molecule has 1 aromatic rings. The third kappa shape index (κ3) is 4.69. The van der Waals surface area contributed by atoms with Crippen molar-refractivity contribution < 1.29 is 9.59 Å². The topological polar surface area (TPSA) is 77.6 Å². The lowest BCUT2D eigenvalue weighted by atomic mass is 10.0. The molecule has 0 bridgehead atoms. The van der Waals surface area contributed by atoms with Crippen LogP contribution in [0.1, 0.15) is 42.5 Å². The molecule has 2 fully saturated rings. The molecular formula is C18H27N5O2. The zero-order valence-electron chi connectivity index (χ0n) is 15.0. The molecule has 2 aliphatic rings. The number of carbonyl (C=O) groups excluding carboxylic acids is 2. The molecule has 1 aromatic heterocycles. The van der Waals surface area contributed by atoms with Gasteiger partial charge >= 0.3 is 6.03 Å². The standard InChI is InChI=1S/C18H27N5O2/c1-22(2)17(24)13-8-9-19-16(11-13)21-18(25)20-12-15-5-3-4-10-23(15)14-6-7-14/h8-9,11,14-15H,3-7,10,12H2,1-2H3,(H2,19,20,21,25). The van der Waals surface area contributed by atoms with E-state index in [4.69, 9.17) is 0 Å². The van der Waals surface area contributed by atoms with Gasteiger partial charge in [-0.05, 0) is 44.4 Å². The first-order valence-corrected chi connectivity index (χ1v) is 9.03. The van der Waals surface area contributed by atoms with Crippen molar-refractivity contribution in [1.82, 2.24) is 20.1 Å². The molecule has 2 heterocycles. The molecular weight excluding hydrogens is 318 g/mol. The Morgan fingerprint density at radius 1 is 1.28 bits per heavy atom. The second-order valence-corrected chi connectivity index (χ2v) is 7.08. The molecule has 1 atom stereocenters. The molecule has 3 amide bonds. The van der Waals surface area contributed by atoms with Crippen LogP contribution >= 0.6 is 0 Å². The van der Waals surface area contributed by atoms with Gasteiger partial charge in [-0.1, -0.05) is 6.42 Å². The molecule has 7 nitrogen and oxygen atoms in total. The zero-order valence-corrected chi connectivity index (χ0v) is 15.0. The largest absolute Gasteiger partial charge is 0.345 e. The third-order valence-corrected chi connectivity index (χ3v) is 4.84. The number of carbonyl (C=O) groups is 2. The molecule has 0 radical (unpaired) electrons. The van der Waals surface area contributed by atoms with Crippen molar-refractivity contribution in [2.45, 2.75) is 44.2 Å². The fraction of sp³-hybridized carbons (Fsp3) is 0.611. The Kier molecular flexibility index (Phi) is 5.53. The summed E-state index contributed by atoms with van der Waals surface area (Å²) in [4.78, 5) is 32.3. The number of aromatic nitrogens is 1. The molecule has 0 spiro atoms. The molecule has 1 unspecified atom stereocenters. The third-order valence-electron chi connectivity index (χ3n) is 4.84. The van der Waals surface area contributed by atoms with Crippen molar-refractivity contribution in [3.8, 4) is 0 Å². The molecule has 25 heavy (non-hydrogen) atoms. The van der Waals surface area contributed by atoms with Gasteiger partial charge in [0.05, 0.1) is 0 Å². The predicted octanol–water partition coefficient (Wildman–Crippen LogP) is 1.92. The van der Waals surface area contributed by atoms with E-state index < -0.39 is 0 Å². The van der Waals surface area contributed by atoms with Crippen LogP contribution in [0.3, 0.4) is 0 Å². The summed E-state index contributed by atoms with van der Waals surface area (Å²) in [7, 11) is 3.39. The van der Waals surface area contributed by atoms with Gasteiger partial charge in [-0.3, -0.25) is 15.0 Å². The van der Waals surface area contributed by atoms with Gasteiger partial charge in [0.2, 0.25) is 0 Å². The van der Waals surface area contributed by atoms with E-state index in [1.165, 1.54) is 36.8 Å². The van der Waals surface area contributed by atoms with E-state index in [9.17, 15) is 9.59 Å². The Balaban J connectivity index is 1.52. The number of pyridine rings is 1. The van der Waals surface area contributed by atoms with E-state index in [0.717, 1.165) is 19.0 Å². The molecule has 7 heteroatoms. The highest BCUT2D eigenvalue weighted by molar-refractivity contribution is 5.95.